The maximum Gasteiger partial charge on any atom is 0.317 e. The van der Waals surface area contributed by atoms with Crippen LogP contribution in [0, 0.1) is 6.92 Å². The van der Waals surface area contributed by atoms with Crippen LogP contribution in [-0.4, -0.2) is 39.3 Å². The number of rotatable bonds is 7. The van der Waals surface area contributed by atoms with Gasteiger partial charge in [-0.3, -0.25) is 0 Å². The number of carbonyl (C=O) groups excluding carboxylic acids is 1. The summed E-state index contributed by atoms with van der Waals surface area (Å²) in [6.45, 7) is 2.89. The van der Waals surface area contributed by atoms with Crippen LogP contribution in [0.3, 0.4) is 0 Å². The topological polar surface area (TPSA) is 60.0 Å². The maximum atomic E-state index is 12.4. The van der Waals surface area contributed by atoms with Gasteiger partial charge in [0.05, 0.1) is 27.9 Å². The number of urea groups is 1. The summed E-state index contributed by atoms with van der Waals surface area (Å²) in [4.78, 5) is 14.0. The summed E-state index contributed by atoms with van der Waals surface area (Å²) in [5, 5.41) is 2.92. The Balaban J connectivity index is 2.05. The lowest BCUT2D eigenvalue weighted by Crippen LogP contribution is -2.36. The Morgan fingerprint density at radius 1 is 0.962 bits per heavy atom. The van der Waals surface area contributed by atoms with E-state index in [1.165, 1.54) is 5.56 Å². The van der Waals surface area contributed by atoms with Crippen molar-refractivity contribution >= 4 is 6.03 Å². The van der Waals surface area contributed by atoms with Gasteiger partial charge in [0.1, 0.15) is 0 Å². The number of nitrogens with one attached hydrogen (secondary N) is 1. The molecule has 2 aromatic carbocycles. The van der Waals surface area contributed by atoms with Gasteiger partial charge < -0.3 is 24.4 Å². The van der Waals surface area contributed by atoms with Crippen LogP contribution in [0.2, 0.25) is 0 Å². The van der Waals surface area contributed by atoms with Gasteiger partial charge in [0.25, 0.3) is 0 Å². The minimum absolute atomic E-state index is 0.164. The number of amides is 2. The van der Waals surface area contributed by atoms with E-state index >= 15 is 0 Å². The number of carbonyl (C=O) groups is 1. The Hall–Kier alpha value is -2.89. The van der Waals surface area contributed by atoms with E-state index in [-0.39, 0.29) is 6.03 Å². The fourth-order valence-electron chi connectivity index (χ4n) is 2.63. The average molecular weight is 358 g/mol. The summed E-state index contributed by atoms with van der Waals surface area (Å²) >= 11 is 0. The van der Waals surface area contributed by atoms with E-state index in [0.717, 1.165) is 11.1 Å². The molecule has 0 unspecified atom stereocenters. The summed E-state index contributed by atoms with van der Waals surface area (Å²) in [7, 11) is 6.43. The van der Waals surface area contributed by atoms with E-state index in [1.54, 1.807) is 39.3 Å². The summed E-state index contributed by atoms with van der Waals surface area (Å²) in [6, 6.07) is 11.6. The molecule has 2 aromatic rings. The molecule has 0 heterocycles. The van der Waals surface area contributed by atoms with Gasteiger partial charge in [0, 0.05) is 19.2 Å². The lowest BCUT2D eigenvalue weighted by atomic mass is 10.1. The lowest BCUT2D eigenvalue weighted by molar-refractivity contribution is 0.205. The van der Waals surface area contributed by atoms with Crippen LogP contribution in [0.1, 0.15) is 16.7 Å². The average Bonchev–Trinajstić information content (AvgIpc) is 2.66. The lowest BCUT2D eigenvalue weighted by Gasteiger charge is -2.21. The van der Waals surface area contributed by atoms with Crippen LogP contribution in [0.5, 0.6) is 17.2 Å². The Morgan fingerprint density at radius 2 is 1.62 bits per heavy atom. The van der Waals surface area contributed by atoms with Crippen molar-refractivity contribution in [3.05, 3.63) is 53.1 Å². The van der Waals surface area contributed by atoms with Gasteiger partial charge in [-0.1, -0.05) is 29.8 Å². The zero-order chi connectivity index (χ0) is 19.1. The van der Waals surface area contributed by atoms with E-state index < -0.39 is 0 Å². The molecular formula is C20H26N2O4. The van der Waals surface area contributed by atoms with E-state index in [1.807, 2.05) is 37.3 Å². The van der Waals surface area contributed by atoms with Crippen LogP contribution >= 0.6 is 0 Å². The smallest absolute Gasteiger partial charge is 0.317 e. The third-order valence-electron chi connectivity index (χ3n) is 4.10. The van der Waals surface area contributed by atoms with Crippen LogP contribution in [0.15, 0.2) is 36.4 Å². The third kappa shape index (κ3) is 4.59. The first-order valence-electron chi connectivity index (χ1n) is 8.32. The normalized spacial score (nSPS) is 10.2. The Labute approximate surface area is 154 Å². The van der Waals surface area contributed by atoms with Crippen molar-refractivity contribution < 1.29 is 19.0 Å². The highest BCUT2D eigenvalue weighted by molar-refractivity contribution is 5.74. The van der Waals surface area contributed by atoms with Crippen molar-refractivity contribution in [1.29, 1.82) is 0 Å². The molecule has 1 N–H and O–H groups in total. The van der Waals surface area contributed by atoms with Crippen LogP contribution < -0.4 is 19.5 Å². The number of hydrogen-bond acceptors (Lipinski definition) is 4. The standard InChI is InChI=1S/C20H26N2O4/c1-14-6-8-15(9-7-14)12-21-20(23)22(2)13-16-10-11-17(24-3)19(26-5)18(16)25-4/h6-11H,12-13H2,1-5H3,(H,21,23). The largest absolute Gasteiger partial charge is 0.493 e. The quantitative estimate of drug-likeness (QED) is 0.824. The monoisotopic (exact) mass is 358 g/mol. The Morgan fingerprint density at radius 3 is 2.19 bits per heavy atom. The fraction of sp³-hybridized carbons (Fsp3) is 0.350. The number of benzene rings is 2. The van der Waals surface area contributed by atoms with Gasteiger partial charge >= 0.3 is 6.03 Å². The van der Waals surface area contributed by atoms with Gasteiger partial charge in [-0.05, 0) is 24.6 Å². The molecule has 6 heteroatoms. The first-order chi connectivity index (χ1) is 12.5. The Bertz CT molecular complexity index is 744. The summed E-state index contributed by atoms with van der Waals surface area (Å²) in [5.74, 6) is 1.66. The van der Waals surface area contributed by atoms with Gasteiger partial charge in [-0.15, -0.1) is 0 Å². The van der Waals surface area contributed by atoms with Crippen molar-refractivity contribution in [2.45, 2.75) is 20.0 Å². The second kappa shape index (κ2) is 8.99. The summed E-state index contributed by atoms with van der Waals surface area (Å²) in [5.41, 5.74) is 3.08. The molecule has 0 atom stereocenters. The molecular weight excluding hydrogens is 332 g/mol. The van der Waals surface area contributed by atoms with E-state index in [0.29, 0.717) is 30.3 Å². The predicted octanol–water partition coefficient (Wildman–Crippen LogP) is 3.36. The zero-order valence-corrected chi connectivity index (χ0v) is 16.0. The van der Waals surface area contributed by atoms with Gasteiger partial charge in [-0.2, -0.15) is 0 Å². The SMILES string of the molecule is COc1ccc(CN(C)C(=O)NCc2ccc(C)cc2)c(OC)c1OC. The molecule has 0 bridgehead atoms. The first-order valence-corrected chi connectivity index (χ1v) is 8.32. The highest BCUT2D eigenvalue weighted by atomic mass is 16.5. The number of nitrogens with zero attached hydrogens (tertiary/aromatic N) is 1. The second-order valence-electron chi connectivity index (χ2n) is 5.99. The van der Waals surface area contributed by atoms with Gasteiger partial charge in [0.2, 0.25) is 5.75 Å². The van der Waals surface area contributed by atoms with Crippen molar-refractivity contribution in [3.63, 3.8) is 0 Å². The molecule has 2 amide bonds. The van der Waals surface area contributed by atoms with E-state index in [4.69, 9.17) is 14.2 Å². The minimum Gasteiger partial charge on any atom is -0.493 e. The molecule has 0 saturated carbocycles. The maximum absolute atomic E-state index is 12.4. The number of ether oxygens (including phenoxy) is 3. The highest BCUT2D eigenvalue weighted by Crippen LogP contribution is 2.40. The molecule has 2 rings (SSSR count). The molecule has 0 fully saturated rings. The van der Waals surface area contributed by atoms with Crippen molar-refractivity contribution in [2.24, 2.45) is 0 Å². The van der Waals surface area contributed by atoms with Crippen molar-refractivity contribution in [2.75, 3.05) is 28.4 Å². The molecule has 0 saturated heterocycles. The molecule has 0 aliphatic carbocycles. The number of hydrogen-bond donors (Lipinski definition) is 1. The highest BCUT2D eigenvalue weighted by Gasteiger charge is 2.18. The predicted molar refractivity (Wildman–Crippen MR) is 101 cm³/mol. The fourth-order valence-corrected chi connectivity index (χ4v) is 2.63. The molecule has 26 heavy (non-hydrogen) atoms. The van der Waals surface area contributed by atoms with Crippen molar-refractivity contribution in [1.82, 2.24) is 10.2 Å². The Kier molecular flexibility index (Phi) is 6.72. The number of aryl methyl sites for hydroxylation is 1. The molecule has 0 aliphatic heterocycles. The second-order valence-corrected chi connectivity index (χ2v) is 5.99. The van der Waals surface area contributed by atoms with Gasteiger partial charge in [-0.25, -0.2) is 4.79 Å². The molecule has 6 nitrogen and oxygen atoms in total. The van der Waals surface area contributed by atoms with E-state index in [9.17, 15) is 4.79 Å². The zero-order valence-electron chi connectivity index (χ0n) is 16.0. The molecule has 0 radical (unpaired) electrons. The number of methoxy groups -OCH3 is 3. The van der Waals surface area contributed by atoms with Crippen LogP contribution in [0.25, 0.3) is 0 Å². The van der Waals surface area contributed by atoms with Gasteiger partial charge in [0.15, 0.2) is 11.5 Å². The third-order valence-corrected chi connectivity index (χ3v) is 4.10. The first kappa shape index (κ1) is 19.4. The van der Waals surface area contributed by atoms with Crippen LogP contribution in [-0.2, 0) is 13.1 Å². The molecule has 0 aliphatic rings. The molecule has 0 spiro atoms. The summed E-state index contributed by atoms with van der Waals surface area (Å²) in [6.07, 6.45) is 0. The van der Waals surface area contributed by atoms with E-state index in [2.05, 4.69) is 5.32 Å². The van der Waals surface area contributed by atoms with Crippen molar-refractivity contribution in [3.8, 4) is 17.2 Å². The van der Waals surface area contributed by atoms with Crippen LogP contribution in [0.4, 0.5) is 4.79 Å². The molecule has 140 valence electrons. The summed E-state index contributed by atoms with van der Waals surface area (Å²) < 4.78 is 16.1. The molecule has 0 aromatic heterocycles. The minimum atomic E-state index is -0.164.